The fourth-order valence-electron chi connectivity index (χ4n) is 2.44. The van der Waals surface area contributed by atoms with Gasteiger partial charge in [-0.3, -0.25) is 10.1 Å². The van der Waals surface area contributed by atoms with Gasteiger partial charge in [0.05, 0.1) is 11.3 Å². The number of benzene rings is 1. The van der Waals surface area contributed by atoms with Crippen LogP contribution in [0.5, 0.6) is 0 Å². The number of halogens is 1. The highest BCUT2D eigenvalue weighted by atomic mass is 32.1. The molecule has 0 aliphatic heterocycles. The molecule has 0 atom stereocenters. The number of nitrogens with zero attached hydrogens (tertiary/aromatic N) is 3. The van der Waals surface area contributed by atoms with Gasteiger partial charge in [-0.25, -0.2) is 14.4 Å². The summed E-state index contributed by atoms with van der Waals surface area (Å²) in [5.74, 6) is -0.657. The molecule has 0 saturated carbocycles. The minimum atomic E-state index is -0.352. The molecule has 0 aliphatic rings. The summed E-state index contributed by atoms with van der Waals surface area (Å²) in [7, 11) is 0. The molecular formula is C17H11FN4OS. The Morgan fingerprint density at radius 1 is 1.21 bits per heavy atom. The van der Waals surface area contributed by atoms with Crippen LogP contribution in [0.1, 0.15) is 10.4 Å². The Bertz CT molecular complexity index is 1030. The smallest absolute Gasteiger partial charge is 0.261 e. The summed E-state index contributed by atoms with van der Waals surface area (Å²) in [6.07, 6.45) is 5.09. The first kappa shape index (κ1) is 14.5. The fraction of sp³-hybridized carbons (Fsp3) is 0. The van der Waals surface area contributed by atoms with E-state index in [1.54, 1.807) is 58.7 Å². The molecule has 1 N–H and O–H groups in total. The van der Waals surface area contributed by atoms with Crippen LogP contribution in [0.15, 0.2) is 60.4 Å². The minimum Gasteiger partial charge on any atom is -0.306 e. The Balaban J connectivity index is 1.78. The van der Waals surface area contributed by atoms with Crippen molar-refractivity contribution in [2.24, 2.45) is 0 Å². The number of thiazole rings is 1. The molecule has 7 heteroatoms. The van der Waals surface area contributed by atoms with Gasteiger partial charge in [-0.1, -0.05) is 12.1 Å². The van der Waals surface area contributed by atoms with Crippen LogP contribution in [0.25, 0.3) is 16.9 Å². The first-order valence-corrected chi connectivity index (χ1v) is 8.04. The number of carbonyl (C=O) groups excluding carboxylic acids is 1. The van der Waals surface area contributed by atoms with E-state index in [9.17, 15) is 9.18 Å². The highest BCUT2D eigenvalue weighted by Crippen LogP contribution is 2.24. The van der Waals surface area contributed by atoms with Gasteiger partial charge in [-0.15, -0.1) is 11.3 Å². The number of anilines is 1. The van der Waals surface area contributed by atoms with E-state index in [4.69, 9.17) is 0 Å². The van der Waals surface area contributed by atoms with E-state index in [-0.39, 0.29) is 11.7 Å². The molecule has 3 heterocycles. The zero-order chi connectivity index (χ0) is 16.5. The predicted octanol–water partition coefficient (Wildman–Crippen LogP) is 3.85. The molecular weight excluding hydrogens is 327 g/mol. The molecule has 0 fully saturated rings. The lowest BCUT2D eigenvalue weighted by molar-refractivity contribution is 0.102. The zero-order valence-corrected chi connectivity index (χ0v) is 13.1. The van der Waals surface area contributed by atoms with Gasteiger partial charge in [0.25, 0.3) is 5.91 Å². The topological polar surface area (TPSA) is 59.3 Å². The molecule has 1 amide bonds. The maximum Gasteiger partial charge on any atom is 0.261 e. The summed E-state index contributed by atoms with van der Waals surface area (Å²) in [6.45, 7) is 0. The van der Waals surface area contributed by atoms with Crippen LogP contribution in [0, 0.1) is 5.82 Å². The highest BCUT2D eigenvalue weighted by molar-refractivity contribution is 7.13. The number of amides is 1. The maximum absolute atomic E-state index is 14.0. The fourth-order valence-corrected chi connectivity index (χ4v) is 2.96. The Hall–Kier alpha value is -3.06. The van der Waals surface area contributed by atoms with E-state index in [0.717, 1.165) is 0 Å². The summed E-state index contributed by atoms with van der Waals surface area (Å²) < 4.78 is 15.7. The second-order valence-electron chi connectivity index (χ2n) is 5.05. The maximum atomic E-state index is 14.0. The second kappa shape index (κ2) is 5.86. The highest BCUT2D eigenvalue weighted by Gasteiger charge is 2.16. The first-order valence-electron chi connectivity index (χ1n) is 7.16. The lowest BCUT2D eigenvalue weighted by Gasteiger charge is -2.03. The van der Waals surface area contributed by atoms with Crippen LogP contribution >= 0.6 is 11.3 Å². The summed E-state index contributed by atoms with van der Waals surface area (Å²) in [4.78, 5) is 20.9. The largest absolute Gasteiger partial charge is 0.306 e. The van der Waals surface area contributed by atoms with E-state index < -0.39 is 0 Å². The number of fused-ring (bicyclic) bond motifs is 1. The van der Waals surface area contributed by atoms with Crippen LogP contribution in [0.3, 0.4) is 0 Å². The molecule has 0 aliphatic carbocycles. The number of carbonyl (C=O) groups is 1. The number of hydrogen-bond donors (Lipinski definition) is 1. The van der Waals surface area contributed by atoms with Crippen molar-refractivity contribution in [3.05, 3.63) is 71.7 Å². The second-order valence-corrected chi connectivity index (χ2v) is 5.94. The molecule has 5 nitrogen and oxygen atoms in total. The van der Waals surface area contributed by atoms with E-state index in [1.807, 2.05) is 0 Å². The lowest BCUT2D eigenvalue weighted by Crippen LogP contribution is -2.13. The van der Waals surface area contributed by atoms with Crippen molar-refractivity contribution in [2.75, 3.05) is 5.32 Å². The molecule has 0 saturated heterocycles. The van der Waals surface area contributed by atoms with Crippen molar-refractivity contribution >= 4 is 28.0 Å². The molecule has 0 spiro atoms. The minimum absolute atomic E-state index is 0.304. The molecule has 118 valence electrons. The lowest BCUT2D eigenvalue weighted by atomic mass is 10.1. The number of nitrogens with one attached hydrogen (secondary N) is 1. The van der Waals surface area contributed by atoms with Gasteiger partial charge in [0.1, 0.15) is 11.5 Å². The average Bonchev–Trinajstić information content (AvgIpc) is 3.23. The number of rotatable bonds is 3. The van der Waals surface area contributed by atoms with Crippen molar-refractivity contribution < 1.29 is 9.18 Å². The number of imidazole rings is 1. The molecule has 0 radical (unpaired) electrons. The molecule has 24 heavy (non-hydrogen) atoms. The quantitative estimate of drug-likeness (QED) is 0.617. The van der Waals surface area contributed by atoms with Crippen LogP contribution in [0.2, 0.25) is 0 Å². The van der Waals surface area contributed by atoms with Crippen molar-refractivity contribution in [2.45, 2.75) is 0 Å². The molecule has 4 rings (SSSR count). The van der Waals surface area contributed by atoms with Crippen LogP contribution in [-0.2, 0) is 0 Å². The van der Waals surface area contributed by atoms with E-state index >= 15 is 0 Å². The normalized spacial score (nSPS) is 10.9. The zero-order valence-electron chi connectivity index (χ0n) is 12.3. The Morgan fingerprint density at radius 2 is 2.08 bits per heavy atom. The Kier molecular flexibility index (Phi) is 3.55. The van der Waals surface area contributed by atoms with Crippen molar-refractivity contribution in [1.29, 1.82) is 0 Å². The molecule has 0 bridgehead atoms. The van der Waals surface area contributed by atoms with Gasteiger partial charge in [0.15, 0.2) is 5.13 Å². The third-order valence-electron chi connectivity index (χ3n) is 3.53. The van der Waals surface area contributed by atoms with Crippen molar-refractivity contribution in [3.63, 3.8) is 0 Å². The van der Waals surface area contributed by atoms with E-state index in [2.05, 4.69) is 15.3 Å². The van der Waals surface area contributed by atoms with Gasteiger partial charge in [0, 0.05) is 29.5 Å². The number of hydrogen-bond acceptors (Lipinski definition) is 4. The van der Waals surface area contributed by atoms with Crippen LogP contribution in [-0.4, -0.2) is 20.3 Å². The van der Waals surface area contributed by atoms with Crippen molar-refractivity contribution in [3.8, 4) is 11.3 Å². The van der Waals surface area contributed by atoms with Gasteiger partial charge in [-0.05, 0) is 24.3 Å². The monoisotopic (exact) mass is 338 g/mol. The SMILES string of the molecule is O=C(Nc1nccs1)c1cccn2cc(-c3ccccc3F)nc12. The van der Waals surface area contributed by atoms with E-state index in [0.29, 0.717) is 27.6 Å². The molecule has 1 aromatic carbocycles. The van der Waals surface area contributed by atoms with Gasteiger partial charge >= 0.3 is 0 Å². The van der Waals surface area contributed by atoms with Crippen LogP contribution < -0.4 is 5.32 Å². The van der Waals surface area contributed by atoms with E-state index in [1.165, 1.54) is 17.4 Å². The third kappa shape index (κ3) is 2.55. The van der Waals surface area contributed by atoms with Crippen LogP contribution in [0.4, 0.5) is 9.52 Å². The number of pyridine rings is 1. The predicted molar refractivity (Wildman–Crippen MR) is 90.7 cm³/mol. The van der Waals surface area contributed by atoms with Gasteiger partial charge in [-0.2, -0.15) is 0 Å². The van der Waals surface area contributed by atoms with Gasteiger partial charge < -0.3 is 4.40 Å². The summed E-state index contributed by atoms with van der Waals surface area (Å²) in [5, 5.41) is 5.03. The van der Waals surface area contributed by atoms with Gasteiger partial charge in [0.2, 0.25) is 0 Å². The molecule has 3 aromatic heterocycles. The molecule has 4 aromatic rings. The third-order valence-corrected chi connectivity index (χ3v) is 4.22. The standard InChI is InChI=1S/C17H11FN4OS/c18-13-6-2-1-4-11(13)14-10-22-8-3-5-12(15(22)20-14)16(23)21-17-19-7-9-24-17/h1-10H,(H,19,21,23). The Morgan fingerprint density at radius 3 is 2.88 bits per heavy atom. The molecule has 0 unspecified atom stereocenters. The summed E-state index contributed by atoms with van der Waals surface area (Å²) >= 11 is 1.34. The number of aromatic nitrogens is 3. The Labute approximate surface area is 140 Å². The summed E-state index contributed by atoms with van der Waals surface area (Å²) in [6, 6.07) is 9.84. The average molecular weight is 338 g/mol. The van der Waals surface area contributed by atoms with Crippen molar-refractivity contribution in [1.82, 2.24) is 14.4 Å². The summed E-state index contributed by atoms with van der Waals surface area (Å²) in [5.41, 5.74) is 1.73. The first-order chi connectivity index (χ1) is 11.7.